The van der Waals surface area contributed by atoms with Crippen molar-refractivity contribution in [1.29, 1.82) is 0 Å². The summed E-state index contributed by atoms with van der Waals surface area (Å²) in [6, 6.07) is 7.97. The van der Waals surface area contributed by atoms with Gasteiger partial charge in [-0.1, -0.05) is 23.7 Å². The lowest BCUT2D eigenvalue weighted by Gasteiger charge is -2.24. The third-order valence-electron chi connectivity index (χ3n) is 5.39. The molecule has 2 aromatic heterocycles. The van der Waals surface area contributed by atoms with Crippen LogP contribution in [0, 0.1) is 0 Å². The summed E-state index contributed by atoms with van der Waals surface area (Å²) >= 11 is 6.19. The second kappa shape index (κ2) is 8.32. The Bertz CT molecular complexity index is 972. The first-order valence-electron chi connectivity index (χ1n) is 9.99. The Hall–Kier alpha value is -2.38. The second-order valence-electron chi connectivity index (χ2n) is 7.27. The number of halogens is 1. The van der Waals surface area contributed by atoms with Crippen LogP contribution in [0.1, 0.15) is 36.7 Å². The average molecular weight is 402 g/mol. The standard InChI is InChI=1S/C20H25ClN6O/c1-2-26-14-15(21)18(24-26)19(28)23-20-22-16-8-4-5-9-17(16)27(20)13-12-25-10-6-3-7-11-25/h4-5,8-9,14H,2-3,6-7,10-13H2,1H3,(H,22,23,28)/p+1. The van der Waals surface area contributed by atoms with Gasteiger partial charge in [0.2, 0.25) is 5.95 Å². The van der Waals surface area contributed by atoms with E-state index in [0.29, 0.717) is 17.5 Å². The van der Waals surface area contributed by atoms with Gasteiger partial charge in [0.25, 0.3) is 5.91 Å². The van der Waals surface area contributed by atoms with Gasteiger partial charge in [-0.15, -0.1) is 0 Å². The van der Waals surface area contributed by atoms with E-state index >= 15 is 0 Å². The number of likely N-dealkylation sites (tertiary alicyclic amines) is 1. The van der Waals surface area contributed by atoms with Crippen LogP contribution in [-0.2, 0) is 13.1 Å². The van der Waals surface area contributed by atoms with E-state index in [4.69, 9.17) is 11.6 Å². The molecule has 0 aliphatic carbocycles. The van der Waals surface area contributed by atoms with Gasteiger partial charge < -0.3 is 9.47 Å². The van der Waals surface area contributed by atoms with Crippen LogP contribution in [0.25, 0.3) is 11.0 Å². The van der Waals surface area contributed by atoms with Gasteiger partial charge in [-0.2, -0.15) is 5.10 Å². The summed E-state index contributed by atoms with van der Waals surface area (Å²) in [6.07, 6.45) is 5.59. The molecule has 3 aromatic rings. The van der Waals surface area contributed by atoms with Crippen LogP contribution in [0.4, 0.5) is 5.95 Å². The number of nitrogens with zero attached hydrogens (tertiary/aromatic N) is 4. The fraction of sp³-hybridized carbons (Fsp3) is 0.450. The Morgan fingerprint density at radius 2 is 2.04 bits per heavy atom. The van der Waals surface area contributed by atoms with Gasteiger partial charge in [0.1, 0.15) is 0 Å². The number of para-hydroxylation sites is 2. The van der Waals surface area contributed by atoms with Crippen molar-refractivity contribution in [3.8, 4) is 0 Å². The summed E-state index contributed by atoms with van der Waals surface area (Å²) in [5.41, 5.74) is 2.12. The molecule has 1 aliphatic heterocycles. The number of rotatable bonds is 6. The molecular weight excluding hydrogens is 376 g/mol. The molecule has 0 radical (unpaired) electrons. The van der Waals surface area contributed by atoms with E-state index in [-0.39, 0.29) is 11.6 Å². The van der Waals surface area contributed by atoms with E-state index < -0.39 is 0 Å². The first kappa shape index (κ1) is 19.0. The average Bonchev–Trinajstić information content (AvgIpc) is 3.27. The zero-order valence-electron chi connectivity index (χ0n) is 16.1. The third-order valence-corrected chi connectivity index (χ3v) is 5.66. The summed E-state index contributed by atoms with van der Waals surface area (Å²) in [4.78, 5) is 19.0. The lowest BCUT2D eigenvalue weighted by Crippen LogP contribution is -3.13. The maximum Gasteiger partial charge on any atom is 0.280 e. The number of hydrogen-bond donors (Lipinski definition) is 2. The Morgan fingerprint density at radius 1 is 1.25 bits per heavy atom. The number of aryl methyl sites for hydroxylation is 1. The molecule has 0 spiro atoms. The van der Waals surface area contributed by atoms with Crippen LogP contribution >= 0.6 is 11.6 Å². The fourth-order valence-electron chi connectivity index (χ4n) is 3.84. The predicted molar refractivity (Wildman–Crippen MR) is 110 cm³/mol. The SMILES string of the molecule is CCn1cc(Cl)c(C(=O)Nc2nc3ccccc3n2CC[NH+]2CCCCC2)n1. The van der Waals surface area contributed by atoms with Crippen LogP contribution in [-0.4, -0.2) is 44.9 Å². The highest BCUT2D eigenvalue weighted by Gasteiger charge is 2.20. The summed E-state index contributed by atoms with van der Waals surface area (Å²) in [6.45, 7) is 6.88. The minimum absolute atomic E-state index is 0.226. The largest absolute Gasteiger partial charge is 0.333 e. The van der Waals surface area contributed by atoms with E-state index in [0.717, 1.165) is 24.1 Å². The molecular formula is C20H26ClN6O+. The number of anilines is 1. The number of fused-ring (bicyclic) bond motifs is 1. The molecule has 0 saturated carbocycles. The van der Waals surface area contributed by atoms with Crippen LogP contribution in [0.3, 0.4) is 0 Å². The van der Waals surface area contributed by atoms with Crippen molar-refractivity contribution in [2.45, 2.75) is 39.3 Å². The van der Waals surface area contributed by atoms with Gasteiger partial charge in [-0.05, 0) is 38.3 Å². The molecule has 1 fully saturated rings. The van der Waals surface area contributed by atoms with Crippen molar-refractivity contribution >= 4 is 34.5 Å². The molecule has 8 heteroatoms. The normalized spacial score (nSPS) is 15.2. The first-order valence-corrected chi connectivity index (χ1v) is 10.4. The minimum Gasteiger partial charge on any atom is -0.333 e. The molecule has 7 nitrogen and oxygen atoms in total. The van der Waals surface area contributed by atoms with Crippen molar-refractivity contribution in [1.82, 2.24) is 19.3 Å². The fourth-order valence-corrected chi connectivity index (χ4v) is 4.08. The number of nitrogens with one attached hydrogen (secondary N) is 2. The van der Waals surface area contributed by atoms with Crippen molar-refractivity contribution in [2.24, 2.45) is 0 Å². The zero-order chi connectivity index (χ0) is 19.5. The number of piperidine rings is 1. The quantitative estimate of drug-likeness (QED) is 0.665. The van der Waals surface area contributed by atoms with Gasteiger partial charge >= 0.3 is 0 Å². The molecule has 3 heterocycles. The highest BCUT2D eigenvalue weighted by Crippen LogP contribution is 2.21. The highest BCUT2D eigenvalue weighted by molar-refractivity contribution is 6.34. The molecule has 1 aliphatic rings. The molecule has 4 rings (SSSR count). The summed E-state index contributed by atoms with van der Waals surface area (Å²) in [7, 11) is 0. The number of benzene rings is 1. The Kier molecular flexibility index (Phi) is 5.64. The zero-order valence-corrected chi connectivity index (χ0v) is 16.9. The first-order chi connectivity index (χ1) is 13.7. The number of carbonyl (C=O) groups excluding carboxylic acids is 1. The van der Waals surface area contributed by atoms with E-state index in [9.17, 15) is 4.79 Å². The van der Waals surface area contributed by atoms with Crippen LogP contribution in [0.15, 0.2) is 30.5 Å². The van der Waals surface area contributed by atoms with E-state index in [2.05, 4.69) is 20.0 Å². The number of amides is 1. The number of hydrogen-bond acceptors (Lipinski definition) is 3. The predicted octanol–water partition coefficient (Wildman–Crippen LogP) is 2.23. The molecule has 1 amide bonds. The molecule has 0 unspecified atom stereocenters. The van der Waals surface area contributed by atoms with E-state index in [1.54, 1.807) is 15.8 Å². The molecule has 0 atom stereocenters. The van der Waals surface area contributed by atoms with Gasteiger partial charge in [-0.3, -0.25) is 14.8 Å². The van der Waals surface area contributed by atoms with Crippen molar-refractivity contribution < 1.29 is 9.69 Å². The second-order valence-corrected chi connectivity index (χ2v) is 7.68. The Morgan fingerprint density at radius 3 is 2.79 bits per heavy atom. The van der Waals surface area contributed by atoms with Crippen molar-refractivity contribution in [3.63, 3.8) is 0 Å². The number of aromatic nitrogens is 4. The van der Waals surface area contributed by atoms with Crippen LogP contribution < -0.4 is 10.2 Å². The number of carbonyl (C=O) groups is 1. The Labute approximate surface area is 169 Å². The number of imidazole rings is 1. The molecule has 2 N–H and O–H groups in total. The third kappa shape index (κ3) is 3.91. The van der Waals surface area contributed by atoms with Gasteiger partial charge in [0.05, 0.1) is 42.2 Å². The lowest BCUT2D eigenvalue weighted by atomic mass is 10.1. The van der Waals surface area contributed by atoms with Gasteiger partial charge in [-0.25, -0.2) is 4.98 Å². The summed E-state index contributed by atoms with van der Waals surface area (Å²) < 4.78 is 3.75. The molecule has 148 valence electrons. The van der Waals surface area contributed by atoms with Crippen LogP contribution in [0.2, 0.25) is 5.02 Å². The topological polar surface area (TPSA) is 69.2 Å². The minimum atomic E-state index is -0.334. The van der Waals surface area contributed by atoms with E-state index in [1.165, 1.54) is 32.4 Å². The van der Waals surface area contributed by atoms with E-state index in [1.807, 2.05) is 31.2 Å². The van der Waals surface area contributed by atoms with Crippen LogP contribution in [0.5, 0.6) is 0 Å². The maximum absolute atomic E-state index is 12.8. The van der Waals surface area contributed by atoms with Gasteiger partial charge in [0.15, 0.2) is 5.69 Å². The summed E-state index contributed by atoms with van der Waals surface area (Å²) in [5.74, 6) is 0.212. The lowest BCUT2D eigenvalue weighted by molar-refractivity contribution is -0.905. The molecule has 1 aromatic carbocycles. The smallest absolute Gasteiger partial charge is 0.280 e. The van der Waals surface area contributed by atoms with Crippen molar-refractivity contribution in [3.05, 3.63) is 41.2 Å². The maximum atomic E-state index is 12.8. The number of quaternary nitrogens is 1. The summed E-state index contributed by atoms with van der Waals surface area (Å²) in [5, 5.41) is 7.53. The Balaban J connectivity index is 1.58. The highest BCUT2D eigenvalue weighted by atomic mass is 35.5. The van der Waals surface area contributed by atoms with Gasteiger partial charge in [0, 0.05) is 12.7 Å². The molecule has 28 heavy (non-hydrogen) atoms. The molecule has 1 saturated heterocycles. The monoisotopic (exact) mass is 401 g/mol. The molecule has 0 bridgehead atoms. The van der Waals surface area contributed by atoms with Crippen molar-refractivity contribution in [2.75, 3.05) is 25.0 Å².